The molecule has 78 valence electrons. The summed E-state index contributed by atoms with van der Waals surface area (Å²) in [4.78, 5) is 11.6. The summed E-state index contributed by atoms with van der Waals surface area (Å²) in [6.07, 6.45) is 7.15. The van der Waals surface area contributed by atoms with Gasteiger partial charge < -0.3 is 5.32 Å². The van der Waals surface area contributed by atoms with Crippen LogP contribution in [-0.4, -0.2) is 29.6 Å². The monoisotopic (exact) mass is 212 g/mol. The van der Waals surface area contributed by atoms with Crippen LogP contribution in [0.25, 0.3) is 0 Å². The molecule has 0 radical (unpaired) electrons. The van der Waals surface area contributed by atoms with Crippen molar-refractivity contribution in [2.45, 2.75) is 31.8 Å². The summed E-state index contributed by atoms with van der Waals surface area (Å²) in [6, 6.07) is -0.174. The SMILES string of the molecule is C#CC(CCC)NC(=O)C1CSCN1. The number of carbonyl (C=O) groups excluding carboxylic acids is 1. The average molecular weight is 212 g/mol. The largest absolute Gasteiger partial charge is 0.341 e. The third-order valence-corrected chi connectivity index (χ3v) is 3.07. The third-order valence-electron chi connectivity index (χ3n) is 2.13. The van der Waals surface area contributed by atoms with E-state index in [1.165, 1.54) is 0 Å². The van der Waals surface area contributed by atoms with Crippen molar-refractivity contribution in [3.05, 3.63) is 0 Å². The lowest BCUT2D eigenvalue weighted by molar-refractivity contribution is -0.122. The molecule has 0 spiro atoms. The summed E-state index contributed by atoms with van der Waals surface area (Å²) in [6.45, 7) is 2.06. The molecule has 3 nitrogen and oxygen atoms in total. The van der Waals surface area contributed by atoms with Gasteiger partial charge in [-0.15, -0.1) is 18.2 Å². The molecule has 1 aliphatic rings. The Labute approximate surface area is 89.4 Å². The summed E-state index contributed by atoms with van der Waals surface area (Å²) < 4.78 is 0. The molecule has 2 atom stereocenters. The Kier molecular flexibility index (Phi) is 4.85. The molecule has 14 heavy (non-hydrogen) atoms. The fourth-order valence-corrected chi connectivity index (χ4v) is 2.26. The second kappa shape index (κ2) is 5.94. The lowest BCUT2D eigenvalue weighted by Gasteiger charge is -2.15. The molecule has 2 N–H and O–H groups in total. The van der Waals surface area contributed by atoms with Gasteiger partial charge in [-0.25, -0.2) is 0 Å². The number of terminal acetylenes is 1. The smallest absolute Gasteiger partial charge is 0.238 e. The second-order valence-corrected chi connectivity index (χ2v) is 4.32. The Morgan fingerprint density at radius 2 is 2.64 bits per heavy atom. The highest BCUT2D eigenvalue weighted by Crippen LogP contribution is 2.09. The van der Waals surface area contributed by atoms with Gasteiger partial charge in [0, 0.05) is 11.6 Å². The minimum absolute atomic E-state index is 0.0337. The average Bonchev–Trinajstić information content (AvgIpc) is 2.69. The number of carbonyl (C=O) groups is 1. The van der Waals surface area contributed by atoms with Crippen LogP contribution < -0.4 is 10.6 Å². The number of hydrogen-bond acceptors (Lipinski definition) is 3. The highest BCUT2D eigenvalue weighted by molar-refractivity contribution is 7.99. The Balaban J connectivity index is 2.34. The van der Waals surface area contributed by atoms with Crippen molar-refractivity contribution in [2.24, 2.45) is 0 Å². The van der Waals surface area contributed by atoms with Crippen LogP contribution in [0.5, 0.6) is 0 Å². The Morgan fingerprint density at radius 1 is 1.86 bits per heavy atom. The zero-order chi connectivity index (χ0) is 10.4. The van der Waals surface area contributed by atoms with Crippen LogP contribution in [0.4, 0.5) is 0 Å². The van der Waals surface area contributed by atoms with E-state index < -0.39 is 0 Å². The van der Waals surface area contributed by atoms with Crippen LogP contribution in [0.3, 0.4) is 0 Å². The van der Waals surface area contributed by atoms with Crippen molar-refractivity contribution in [3.63, 3.8) is 0 Å². The molecule has 1 saturated heterocycles. The van der Waals surface area contributed by atoms with E-state index in [1.54, 1.807) is 11.8 Å². The first-order valence-electron chi connectivity index (χ1n) is 4.85. The topological polar surface area (TPSA) is 41.1 Å². The predicted octanol–water partition coefficient (Wildman–Crippen LogP) is 0.567. The molecule has 2 unspecified atom stereocenters. The van der Waals surface area contributed by atoms with Crippen LogP contribution in [0.15, 0.2) is 0 Å². The molecule has 0 aromatic rings. The number of thioether (sulfide) groups is 1. The van der Waals surface area contributed by atoms with Crippen molar-refractivity contribution in [3.8, 4) is 12.3 Å². The summed E-state index contributed by atoms with van der Waals surface area (Å²) in [5.41, 5.74) is 0. The van der Waals surface area contributed by atoms with Gasteiger partial charge in [0.2, 0.25) is 5.91 Å². The molecule has 0 saturated carbocycles. The quantitative estimate of drug-likeness (QED) is 0.669. The van der Waals surface area contributed by atoms with E-state index in [1.807, 2.05) is 0 Å². The molecule has 0 aromatic carbocycles. The van der Waals surface area contributed by atoms with Gasteiger partial charge in [-0.3, -0.25) is 10.1 Å². The van der Waals surface area contributed by atoms with E-state index in [-0.39, 0.29) is 18.0 Å². The summed E-state index contributed by atoms with van der Waals surface area (Å²) >= 11 is 1.73. The van der Waals surface area contributed by atoms with E-state index in [0.717, 1.165) is 24.5 Å². The molecular weight excluding hydrogens is 196 g/mol. The molecule has 0 bridgehead atoms. The minimum atomic E-state index is -0.111. The van der Waals surface area contributed by atoms with Crippen LogP contribution >= 0.6 is 11.8 Å². The molecule has 1 fully saturated rings. The molecule has 1 heterocycles. The molecule has 4 heteroatoms. The number of hydrogen-bond donors (Lipinski definition) is 2. The van der Waals surface area contributed by atoms with Gasteiger partial charge in [0.05, 0.1) is 12.1 Å². The van der Waals surface area contributed by atoms with Crippen molar-refractivity contribution in [2.75, 3.05) is 11.6 Å². The zero-order valence-electron chi connectivity index (χ0n) is 8.38. The Hall–Kier alpha value is -0.660. The number of rotatable bonds is 4. The van der Waals surface area contributed by atoms with Gasteiger partial charge in [0.1, 0.15) is 0 Å². The maximum atomic E-state index is 11.6. The molecule has 0 aromatic heterocycles. The first kappa shape index (κ1) is 11.4. The highest BCUT2D eigenvalue weighted by atomic mass is 32.2. The van der Waals surface area contributed by atoms with Crippen LogP contribution in [0, 0.1) is 12.3 Å². The summed E-state index contributed by atoms with van der Waals surface area (Å²) in [7, 11) is 0. The number of nitrogens with one attached hydrogen (secondary N) is 2. The van der Waals surface area contributed by atoms with E-state index in [4.69, 9.17) is 6.42 Å². The van der Waals surface area contributed by atoms with Gasteiger partial charge in [-0.1, -0.05) is 19.3 Å². The van der Waals surface area contributed by atoms with Crippen molar-refractivity contribution >= 4 is 17.7 Å². The summed E-state index contributed by atoms with van der Waals surface area (Å²) in [5, 5.41) is 5.97. The molecule has 1 aliphatic heterocycles. The van der Waals surface area contributed by atoms with Gasteiger partial charge in [0.25, 0.3) is 0 Å². The highest BCUT2D eigenvalue weighted by Gasteiger charge is 2.23. The first-order valence-corrected chi connectivity index (χ1v) is 6.01. The lowest BCUT2D eigenvalue weighted by Crippen LogP contribution is -2.45. The first-order chi connectivity index (χ1) is 6.77. The van der Waals surface area contributed by atoms with Crippen LogP contribution in [0.2, 0.25) is 0 Å². The van der Waals surface area contributed by atoms with Crippen molar-refractivity contribution in [1.82, 2.24) is 10.6 Å². The third kappa shape index (κ3) is 3.24. The second-order valence-electron chi connectivity index (χ2n) is 3.29. The minimum Gasteiger partial charge on any atom is -0.341 e. The van der Waals surface area contributed by atoms with E-state index in [2.05, 4.69) is 23.5 Å². The van der Waals surface area contributed by atoms with E-state index in [0.29, 0.717) is 0 Å². The maximum Gasteiger partial charge on any atom is 0.238 e. The van der Waals surface area contributed by atoms with Gasteiger partial charge in [-0.05, 0) is 6.42 Å². The Bertz CT molecular complexity index is 231. The zero-order valence-corrected chi connectivity index (χ0v) is 9.19. The maximum absolute atomic E-state index is 11.6. The molecule has 1 rings (SSSR count). The van der Waals surface area contributed by atoms with Crippen LogP contribution in [-0.2, 0) is 4.79 Å². The number of amides is 1. The summed E-state index contributed by atoms with van der Waals surface area (Å²) in [5.74, 6) is 4.32. The van der Waals surface area contributed by atoms with Crippen molar-refractivity contribution < 1.29 is 4.79 Å². The fourth-order valence-electron chi connectivity index (χ4n) is 1.32. The van der Waals surface area contributed by atoms with Crippen molar-refractivity contribution in [1.29, 1.82) is 0 Å². The van der Waals surface area contributed by atoms with Crippen LogP contribution in [0.1, 0.15) is 19.8 Å². The van der Waals surface area contributed by atoms with E-state index >= 15 is 0 Å². The fraction of sp³-hybridized carbons (Fsp3) is 0.700. The molecular formula is C10H16N2OS. The Morgan fingerprint density at radius 3 is 3.14 bits per heavy atom. The van der Waals surface area contributed by atoms with Gasteiger partial charge in [0.15, 0.2) is 0 Å². The predicted molar refractivity (Wildman–Crippen MR) is 59.9 cm³/mol. The molecule has 1 amide bonds. The standard InChI is InChI=1S/C10H16N2OS/c1-3-5-8(4-2)12-10(13)9-6-14-7-11-9/h2,8-9,11H,3,5-7H2,1H3,(H,12,13). The van der Waals surface area contributed by atoms with E-state index in [9.17, 15) is 4.79 Å². The molecule has 0 aliphatic carbocycles. The normalized spacial score (nSPS) is 22.7. The van der Waals surface area contributed by atoms with Gasteiger partial charge >= 0.3 is 0 Å². The lowest BCUT2D eigenvalue weighted by atomic mass is 10.1. The van der Waals surface area contributed by atoms with Gasteiger partial charge in [-0.2, -0.15) is 0 Å².